The van der Waals surface area contributed by atoms with E-state index in [-0.39, 0.29) is 12.3 Å². The molecule has 0 unspecified atom stereocenters. The zero-order valence-electron chi connectivity index (χ0n) is 10.9. The van der Waals surface area contributed by atoms with Crippen molar-refractivity contribution in [3.8, 4) is 0 Å². The van der Waals surface area contributed by atoms with Gasteiger partial charge in [0.15, 0.2) is 0 Å². The van der Waals surface area contributed by atoms with Crippen molar-refractivity contribution < 1.29 is 14.7 Å². The Hall–Kier alpha value is -1.16. The molecule has 0 aliphatic carbocycles. The summed E-state index contributed by atoms with van der Waals surface area (Å²) < 4.78 is 0. The van der Waals surface area contributed by atoms with Crippen molar-refractivity contribution in [2.75, 3.05) is 19.6 Å². The number of carboxylic acids is 1. The molecule has 1 N–H and O–H groups in total. The van der Waals surface area contributed by atoms with Crippen molar-refractivity contribution in [1.29, 1.82) is 0 Å². The lowest BCUT2D eigenvalue weighted by Crippen LogP contribution is -2.33. The highest BCUT2D eigenvalue weighted by Gasteiger charge is 2.21. The summed E-state index contributed by atoms with van der Waals surface area (Å²) in [6.45, 7) is 5.29. The van der Waals surface area contributed by atoms with E-state index in [1.807, 2.05) is 4.90 Å². The highest BCUT2D eigenvalue weighted by atomic mass is 16.4. The standard InChI is InChI=1S/C14H23NO3/c1-2-3-7-13(16)9-12-6-4-5-8-15(10-12)11-14(17)18/h2,12H,1,3-11H2,(H,17,18)/t12-/m1/s1. The number of hydrogen-bond donors (Lipinski definition) is 1. The Morgan fingerprint density at radius 1 is 1.39 bits per heavy atom. The lowest BCUT2D eigenvalue weighted by Gasteiger charge is -2.22. The van der Waals surface area contributed by atoms with E-state index in [1.54, 1.807) is 6.08 Å². The minimum Gasteiger partial charge on any atom is -0.480 e. The summed E-state index contributed by atoms with van der Waals surface area (Å²) in [6, 6.07) is 0. The molecule has 0 aromatic rings. The van der Waals surface area contributed by atoms with Crippen molar-refractivity contribution in [2.45, 2.75) is 38.5 Å². The Morgan fingerprint density at radius 2 is 2.17 bits per heavy atom. The van der Waals surface area contributed by atoms with Gasteiger partial charge in [-0.15, -0.1) is 6.58 Å². The second-order valence-corrected chi connectivity index (χ2v) is 5.06. The van der Waals surface area contributed by atoms with Crippen molar-refractivity contribution >= 4 is 11.8 Å². The number of Topliss-reactive ketones (excluding diaryl/α,β-unsaturated/α-hetero) is 1. The molecule has 0 bridgehead atoms. The first kappa shape index (κ1) is 14.9. The number of carbonyl (C=O) groups is 2. The summed E-state index contributed by atoms with van der Waals surface area (Å²) in [5.74, 6) is -0.185. The normalized spacial score (nSPS) is 21.2. The van der Waals surface area contributed by atoms with Crippen molar-refractivity contribution in [3.63, 3.8) is 0 Å². The molecule has 1 heterocycles. The van der Waals surface area contributed by atoms with Gasteiger partial charge in [-0.2, -0.15) is 0 Å². The largest absolute Gasteiger partial charge is 0.480 e. The molecule has 1 aliphatic rings. The second kappa shape index (κ2) is 8.03. The average molecular weight is 253 g/mol. The van der Waals surface area contributed by atoms with Crippen LogP contribution in [0.15, 0.2) is 12.7 Å². The quantitative estimate of drug-likeness (QED) is 0.706. The molecule has 102 valence electrons. The van der Waals surface area contributed by atoms with E-state index in [4.69, 9.17) is 5.11 Å². The number of ketones is 1. The van der Waals surface area contributed by atoms with Crippen LogP contribution in [0.1, 0.15) is 38.5 Å². The van der Waals surface area contributed by atoms with Gasteiger partial charge in [0.2, 0.25) is 0 Å². The molecular formula is C14H23NO3. The summed E-state index contributed by atoms with van der Waals surface area (Å²) >= 11 is 0. The van der Waals surface area contributed by atoms with Crippen molar-refractivity contribution in [2.24, 2.45) is 5.92 Å². The van der Waals surface area contributed by atoms with Crippen LogP contribution in [-0.2, 0) is 9.59 Å². The van der Waals surface area contributed by atoms with Crippen LogP contribution in [0, 0.1) is 5.92 Å². The summed E-state index contributed by atoms with van der Waals surface area (Å²) in [5.41, 5.74) is 0. The van der Waals surface area contributed by atoms with Gasteiger partial charge in [-0.1, -0.05) is 12.5 Å². The lowest BCUT2D eigenvalue weighted by atomic mass is 9.95. The highest BCUT2D eigenvalue weighted by Crippen LogP contribution is 2.20. The van der Waals surface area contributed by atoms with E-state index in [0.29, 0.717) is 18.8 Å². The molecule has 0 aromatic heterocycles. The first-order chi connectivity index (χ1) is 8.61. The van der Waals surface area contributed by atoms with E-state index >= 15 is 0 Å². The van der Waals surface area contributed by atoms with Gasteiger partial charge < -0.3 is 5.11 Å². The maximum Gasteiger partial charge on any atom is 0.317 e. The van der Waals surface area contributed by atoms with Gasteiger partial charge in [-0.05, 0) is 31.7 Å². The Labute approximate surface area is 109 Å². The molecule has 0 saturated carbocycles. The third-order valence-electron chi connectivity index (χ3n) is 3.36. The maximum atomic E-state index is 11.7. The zero-order valence-corrected chi connectivity index (χ0v) is 10.9. The molecule has 0 amide bonds. The van der Waals surface area contributed by atoms with Crippen LogP contribution >= 0.6 is 0 Å². The predicted molar refractivity (Wildman–Crippen MR) is 70.5 cm³/mol. The van der Waals surface area contributed by atoms with Gasteiger partial charge in [0.05, 0.1) is 6.54 Å². The molecule has 0 spiro atoms. The predicted octanol–water partition coefficient (Wildman–Crippen LogP) is 2.10. The van der Waals surface area contributed by atoms with Gasteiger partial charge in [-0.3, -0.25) is 14.5 Å². The fraction of sp³-hybridized carbons (Fsp3) is 0.714. The SMILES string of the molecule is C=CCCC(=O)C[C@H]1CCCCN(CC(=O)O)C1. The smallest absolute Gasteiger partial charge is 0.317 e. The summed E-state index contributed by atoms with van der Waals surface area (Å²) in [5, 5.41) is 8.82. The minimum absolute atomic E-state index is 0.0946. The number of likely N-dealkylation sites (tertiary alicyclic amines) is 1. The van der Waals surface area contributed by atoms with Crippen molar-refractivity contribution in [3.05, 3.63) is 12.7 Å². The zero-order chi connectivity index (χ0) is 13.4. The van der Waals surface area contributed by atoms with Crippen LogP contribution < -0.4 is 0 Å². The number of carbonyl (C=O) groups excluding carboxylic acids is 1. The summed E-state index contributed by atoms with van der Waals surface area (Å²) in [4.78, 5) is 24.4. The van der Waals surface area contributed by atoms with Crippen LogP contribution in [0.2, 0.25) is 0 Å². The molecule has 1 atom stereocenters. The third kappa shape index (κ3) is 5.96. The molecular weight excluding hydrogens is 230 g/mol. The van der Waals surface area contributed by atoms with Gasteiger partial charge in [0.1, 0.15) is 5.78 Å². The summed E-state index contributed by atoms with van der Waals surface area (Å²) in [6.07, 6.45) is 6.82. The van der Waals surface area contributed by atoms with E-state index < -0.39 is 5.97 Å². The molecule has 1 fully saturated rings. The van der Waals surface area contributed by atoms with Crippen molar-refractivity contribution in [1.82, 2.24) is 4.90 Å². The van der Waals surface area contributed by atoms with Crippen LogP contribution in [-0.4, -0.2) is 41.4 Å². The number of carboxylic acid groups (broad SMARTS) is 1. The number of rotatable bonds is 7. The number of aliphatic carboxylic acids is 1. The van der Waals surface area contributed by atoms with Crippen LogP contribution in [0.4, 0.5) is 0 Å². The molecule has 18 heavy (non-hydrogen) atoms. The molecule has 4 heteroatoms. The first-order valence-corrected chi connectivity index (χ1v) is 6.68. The van der Waals surface area contributed by atoms with Crippen LogP contribution in [0.25, 0.3) is 0 Å². The molecule has 0 aromatic carbocycles. The average Bonchev–Trinajstić information content (AvgIpc) is 2.51. The van der Waals surface area contributed by atoms with Crippen LogP contribution in [0.3, 0.4) is 0 Å². The second-order valence-electron chi connectivity index (χ2n) is 5.06. The fourth-order valence-corrected chi connectivity index (χ4v) is 2.50. The first-order valence-electron chi connectivity index (χ1n) is 6.68. The maximum absolute atomic E-state index is 11.7. The Morgan fingerprint density at radius 3 is 2.83 bits per heavy atom. The van der Waals surface area contributed by atoms with Gasteiger partial charge in [-0.25, -0.2) is 0 Å². The third-order valence-corrected chi connectivity index (χ3v) is 3.36. The van der Waals surface area contributed by atoms with Crippen LogP contribution in [0.5, 0.6) is 0 Å². The number of hydrogen-bond acceptors (Lipinski definition) is 3. The van der Waals surface area contributed by atoms with Gasteiger partial charge in [0.25, 0.3) is 0 Å². The number of nitrogens with zero attached hydrogens (tertiary/aromatic N) is 1. The van der Waals surface area contributed by atoms with Gasteiger partial charge in [0, 0.05) is 19.4 Å². The fourth-order valence-electron chi connectivity index (χ4n) is 2.50. The highest BCUT2D eigenvalue weighted by molar-refractivity contribution is 5.78. The van der Waals surface area contributed by atoms with E-state index in [9.17, 15) is 9.59 Å². The van der Waals surface area contributed by atoms with E-state index in [1.165, 1.54) is 0 Å². The minimum atomic E-state index is -0.784. The topological polar surface area (TPSA) is 57.6 Å². The Kier molecular flexibility index (Phi) is 6.65. The molecule has 1 saturated heterocycles. The summed E-state index contributed by atoms with van der Waals surface area (Å²) in [7, 11) is 0. The Bertz CT molecular complexity index is 301. The number of allylic oxidation sites excluding steroid dienone is 1. The molecule has 0 radical (unpaired) electrons. The molecule has 1 rings (SSSR count). The molecule has 1 aliphatic heterocycles. The van der Waals surface area contributed by atoms with E-state index in [0.717, 1.165) is 38.8 Å². The monoisotopic (exact) mass is 253 g/mol. The Balaban J connectivity index is 2.40. The van der Waals surface area contributed by atoms with E-state index in [2.05, 4.69) is 6.58 Å². The molecule has 4 nitrogen and oxygen atoms in total. The van der Waals surface area contributed by atoms with Gasteiger partial charge >= 0.3 is 5.97 Å². The lowest BCUT2D eigenvalue weighted by molar-refractivity contribution is -0.138.